The minimum atomic E-state index is -1.05. The van der Waals surface area contributed by atoms with Crippen LogP contribution in [0.3, 0.4) is 0 Å². The van der Waals surface area contributed by atoms with E-state index in [1.807, 2.05) is 24.3 Å². The van der Waals surface area contributed by atoms with Crippen LogP contribution in [0.1, 0.15) is 65.4 Å². The van der Waals surface area contributed by atoms with E-state index >= 15 is 0 Å². The lowest BCUT2D eigenvalue weighted by molar-refractivity contribution is -0.116. The largest absolute Gasteiger partial charge is 0.489 e. The fourth-order valence-corrected chi connectivity index (χ4v) is 5.02. The van der Waals surface area contributed by atoms with Crippen molar-refractivity contribution < 1.29 is 19.4 Å². The van der Waals surface area contributed by atoms with Crippen LogP contribution in [-0.2, 0) is 17.8 Å². The highest BCUT2D eigenvalue weighted by molar-refractivity contribution is 7.16. The summed E-state index contributed by atoms with van der Waals surface area (Å²) in [7, 11) is 0. The molecule has 0 bridgehead atoms. The summed E-state index contributed by atoms with van der Waals surface area (Å²) >= 11 is 13.7. The molecule has 5 nitrogen and oxygen atoms in total. The number of ether oxygens (including phenoxy) is 1. The van der Waals surface area contributed by atoms with Crippen LogP contribution in [0, 0.1) is 0 Å². The number of rotatable bonds is 12. The normalized spacial score (nSPS) is 10.8. The van der Waals surface area contributed by atoms with Crippen LogP contribution in [0.4, 0.5) is 5.00 Å². The van der Waals surface area contributed by atoms with Crippen molar-refractivity contribution in [1.29, 1.82) is 0 Å². The highest BCUT2D eigenvalue weighted by atomic mass is 35.5. The molecule has 3 aromatic rings. The zero-order valence-corrected chi connectivity index (χ0v) is 21.2. The fourth-order valence-electron chi connectivity index (χ4n) is 3.41. The van der Waals surface area contributed by atoms with Crippen LogP contribution >= 0.6 is 34.5 Å². The summed E-state index contributed by atoms with van der Waals surface area (Å²) in [4.78, 5) is 24.8. The van der Waals surface area contributed by atoms with E-state index in [-0.39, 0.29) is 18.1 Å². The molecule has 1 heterocycles. The van der Waals surface area contributed by atoms with Gasteiger partial charge < -0.3 is 15.2 Å². The Morgan fingerprint density at radius 3 is 2.38 bits per heavy atom. The van der Waals surface area contributed by atoms with Crippen molar-refractivity contribution in [2.24, 2.45) is 0 Å². The van der Waals surface area contributed by atoms with Crippen LogP contribution < -0.4 is 10.1 Å². The first-order valence-electron chi connectivity index (χ1n) is 11.2. The molecule has 3 rings (SSSR count). The molecule has 1 aromatic heterocycles. The number of hydrogen-bond donors (Lipinski definition) is 2. The summed E-state index contributed by atoms with van der Waals surface area (Å²) in [5.41, 5.74) is 1.85. The predicted octanol–water partition coefficient (Wildman–Crippen LogP) is 7.83. The van der Waals surface area contributed by atoms with Crippen molar-refractivity contribution >= 4 is 51.4 Å². The molecule has 0 saturated heterocycles. The molecule has 0 saturated carbocycles. The molecule has 180 valence electrons. The zero-order chi connectivity index (χ0) is 24.5. The Morgan fingerprint density at radius 2 is 1.74 bits per heavy atom. The first-order valence-corrected chi connectivity index (χ1v) is 12.7. The van der Waals surface area contributed by atoms with E-state index in [0.717, 1.165) is 41.7 Å². The summed E-state index contributed by atoms with van der Waals surface area (Å²) in [6.45, 7) is 2.37. The second-order valence-electron chi connectivity index (χ2n) is 7.93. The monoisotopic (exact) mass is 519 g/mol. The van der Waals surface area contributed by atoms with E-state index in [2.05, 4.69) is 12.2 Å². The van der Waals surface area contributed by atoms with Crippen molar-refractivity contribution in [1.82, 2.24) is 0 Å². The second kappa shape index (κ2) is 12.8. The van der Waals surface area contributed by atoms with E-state index in [1.165, 1.54) is 11.3 Å². The third kappa shape index (κ3) is 7.49. The highest BCUT2D eigenvalue weighted by Crippen LogP contribution is 2.31. The van der Waals surface area contributed by atoms with Crippen LogP contribution in [0.15, 0.2) is 48.5 Å². The Kier molecular flexibility index (Phi) is 9.81. The molecule has 0 spiro atoms. The van der Waals surface area contributed by atoms with Gasteiger partial charge in [0.25, 0.3) is 0 Å². The number of benzene rings is 2. The minimum absolute atomic E-state index is 0.124. The Morgan fingerprint density at radius 1 is 1.03 bits per heavy atom. The maximum atomic E-state index is 12.2. The maximum absolute atomic E-state index is 12.2. The molecule has 0 atom stereocenters. The Bertz CT molecular complexity index is 1110. The molecule has 0 aliphatic rings. The Hall–Kier alpha value is -2.54. The molecule has 0 aliphatic carbocycles. The van der Waals surface area contributed by atoms with E-state index < -0.39 is 5.97 Å². The average Bonchev–Trinajstić information content (AvgIpc) is 3.20. The lowest BCUT2D eigenvalue weighted by atomic mass is 10.1. The molecule has 0 fully saturated rings. The van der Waals surface area contributed by atoms with Gasteiger partial charge in [0.1, 0.15) is 17.4 Å². The Balaban J connectivity index is 1.61. The van der Waals surface area contributed by atoms with Crippen LogP contribution in [0.2, 0.25) is 10.0 Å². The van der Waals surface area contributed by atoms with Gasteiger partial charge in [-0.15, -0.1) is 11.3 Å². The summed E-state index contributed by atoms with van der Waals surface area (Å²) in [5, 5.41) is 13.8. The third-order valence-corrected chi connectivity index (χ3v) is 7.03. The molecular formula is C26H27Cl2NO4S. The van der Waals surface area contributed by atoms with Crippen LogP contribution in [0.5, 0.6) is 5.75 Å². The van der Waals surface area contributed by atoms with Crippen LogP contribution in [0.25, 0.3) is 0 Å². The first kappa shape index (κ1) is 26.1. The SMILES string of the molecule is CCCCCCC(=O)Nc1sc(Cc2ccc(OCc3c(Cl)cccc3Cl)cc2)cc1C(=O)O. The third-order valence-electron chi connectivity index (χ3n) is 5.27. The fraction of sp³-hybridized carbons (Fsp3) is 0.308. The molecule has 2 N–H and O–H groups in total. The van der Waals surface area contributed by atoms with Gasteiger partial charge in [0.15, 0.2) is 0 Å². The van der Waals surface area contributed by atoms with Crippen molar-refractivity contribution in [3.63, 3.8) is 0 Å². The second-order valence-corrected chi connectivity index (χ2v) is 9.88. The van der Waals surface area contributed by atoms with Gasteiger partial charge in [-0.25, -0.2) is 4.79 Å². The molecule has 1 amide bonds. The predicted molar refractivity (Wildman–Crippen MR) is 139 cm³/mol. The van der Waals surface area contributed by atoms with Gasteiger partial charge >= 0.3 is 5.97 Å². The number of halogens is 2. The maximum Gasteiger partial charge on any atom is 0.338 e. The number of hydrogen-bond acceptors (Lipinski definition) is 4. The zero-order valence-electron chi connectivity index (χ0n) is 18.9. The smallest absolute Gasteiger partial charge is 0.338 e. The summed E-state index contributed by atoms with van der Waals surface area (Å²) < 4.78 is 5.81. The topological polar surface area (TPSA) is 75.6 Å². The van der Waals surface area contributed by atoms with Gasteiger partial charge in [0.05, 0.1) is 5.56 Å². The van der Waals surface area contributed by atoms with E-state index in [4.69, 9.17) is 27.9 Å². The van der Waals surface area contributed by atoms with Crippen molar-refractivity contribution in [2.45, 2.75) is 52.1 Å². The number of amides is 1. The molecule has 0 radical (unpaired) electrons. The number of carboxylic acids is 1. The number of carbonyl (C=O) groups excluding carboxylic acids is 1. The number of nitrogens with one attached hydrogen (secondary N) is 1. The van der Waals surface area contributed by atoms with Gasteiger partial charge in [0, 0.05) is 33.3 Å². The summed E-state index contributed by atoms with van der Waals surface area (Å²) in [6.07, 6.45) is 4.94. The van der Waals surface area contributed by atoms with Gasteiger partial charge in [0.2, 0.25) is 5.91 Å². The highest BCUT2D eigenvalue weighted by Gasteiger charge is 2.17. The van der Waals surface area contributed by atoms with E-state index in [0.29, 0.717) is 33.6 Å². The molecular weight excluding hydrogens is 493 g/mol. The number of carboxylic acid groups (broad SMARTS) is 1. The van der Waals surface area contributed by atoms with Gasteiger partial charge in [-0.05, 0) is 42.3 Å². The Labute approximate surface area is 213 Å². The van der Waals surface area contributed by atoms with Crippen molar-refractivity contribution in [3.05, 3.63) is 80.1 Å². The standard InChI is InChI=1S/C26H27Cl2NO4S/c1-2-3-4-5-9-24(30)29-25-20(26(31)32)15-19(34-25)14-17-10-12-18(13-11-17)33-16-21-22(27)7-6-8-23(21)28/h6-8,10-13,15H,2-5,9,14,16H2,1H3,(H,29,30)(H,31,32). The molecule has 0 unspecified atom stereocenters. The van der Waals surface area contributed by atoms with Crippen molar-refractivity contribution in [3.8, 4) is 5.75 Å². The summed E-state index contributed by atoms with van der Waals surface area (Å²) in [5.74, 6) is -0.522. The quantitative estimate of drug-likeness (QED) is 0.239. The number of anilines is 1. The summed E-state index contributed by atoms with van der Waals surface area (Å²) in [6, 6.07) is 14.5. The lowest BCUT2D eigenvalue weighted by Crippen LogP contribution is -2.12. The number of carbonyl (C=O) groups is 2. The molecule has 34 heavy (non-hydrogen) atoms. The first-order chi connectivity index (χ1) is 16.4. The van der Waals surface area contributed by atoms with Gasteiger partial charge in [-0.1, -0.05) is 67.6 Å². The molecule has 0 aliphatic heterocycles. The lowest BCUT2D eigenvalue weighted by Gasteiger charge is -2.10. The molecule has 2 aromatic carbocycles. The average molecular weight is 520 g/mol. The van der Waals surface area contributed by atoms with Crippen LogP contribution in [-0.4, -0.2) is 17.0 Å². The van der Waals surface area contributed by atoms with Gasteiger partial charge in [-0.3, -0.25) is 4.79 Å². The minimum Gasteiger partial charge on any atom is -0.489 e. The van der Waals surface area contributed by atoms with E-state index in [9.17, 15) is 14.7 Å². The number of thiophene rings is 1. The van der Waals surface area contributed by atoms with Gasteiger partial charge in [-0.2, -0.15) is 0 Å². The molecule has 8 heteroatoms. The van der Waals surface area contributed by atoms with E-state index in [1.54, 1.807) is 24.3 Å². The number of aromatic carboxylic acids is 1. The van der Waals surface area contributed by atoms with Crippen molar-refractivity contribution in [2.75, 3.05) is 5.32 Å². The number of unbranched alkanes of at least 4 members (excludes halogenated alkanes) is 3.